The van der Waals surface area contributed by atoms with Crippen molar-refractivity contribution in [1.29, 1.82) is 5.26 Å². The maximum absolute atomic E-state index is 11.0. The maximum Gasteiger partial charge on any atom is 0.152 e. The van der Waals surface area contributed by atoms with Crippen LogP contribution in [0.25, 0.3) is 0 Å². The Morgan fingerprint density at radius 1 is 1.31 bits per heavy atom. The standard InChI is InChI=1S/C8H14N2O2S/c9-3-1-2-4-10-5-7-13(11,12)8-6-10/h1-2,4-8H2. The molecule has 5 heteroatoms. The number of rotatable bonds is 3. The van der Waals surface area contributed by atoms with Gasteiger partial charge in [0.15, 0.2) is 9.84 Å². The van der Waals surface area contributed by atoms with E-state index in [9.17, 15) is 8.42 Å². The van der Waals surface area contributed by atoms with Crippen molar-refractivity contribution >= 4 is 9.84 Å². The van der Waals surface area contributed by atoms with Gasteiger partial charge in [0.05, 0.1) is 17.6 Å². The molecule has 0 saturated carbocycles. The number of hydrogen-bond acceptors (Lipinski definition) is 4. The molecule has 1 rings (SSSR count). The lowest BCUT2D eigenvalue weighted by atomic mass is 10.3. The highest BCUT2D eigenvalue weighted by atomic mass is 32.2. The maximum atomic E-state index is 11.0. The Bertz CT molecular complexity index is 278. The Labute approximate surface area is 79.1 Å². The van der Waals surface area contributed by atoms with Crippen LogP contribution in [0.1, 0.15) is 12.8 Å². The molecule has 0 N–H and O–H groups in total. The third-order valence-corrected chi connectivity index (χ3v) is 3.81. The minimum absolute atomic E-state index is 0.277. The van der Waals surface area contributed by atoms with Gasteiger partial charge in [0.1, 0.15) is 0 Å². The van der Waals surface area contributed by atoms with Crippen molar-refractivity contribution in [2.45, 2.75) is 12.8 Å². The van der Waals surface area contributed by atoms with Crippen LogP contribution in [0.5, 0.6) is 0 Å². The van der Waals surface area contributed by atoms with E-state index in [-0.39, 0.29) is 11.5 Å². The molecule has 0 unspecified atom stereocenters. The zero-order valence-electron chi connectivity index (χ0n) is 7.57. The summed E-state index contributed by atoms with van der Waals surface area (Å²) in [7, 11) is -2.75. The van der Waals surface area contributed by atoms with Crippen molar-refractivity contribution in [3.8, 4) is 6.07 Å². The van der Waals surface area contributed by atoms with Gasteiger partial charge in [0, 0.05) is 19.5 Å². The van der Waals surface area contributed by atoms with E-state index >= 15 is 0 Å². The molecule has 0 aromatic rings. The molecule has 13 heavy (non-hydrogen) atoms. The number of unbranched alkanes of at least 4 members (excludes halogenated alkanes) is 1. The average molecular weight is 202 g/mol. The lowest BCUT2D eigenvalue weighted by Crippen LogP contribution is -2.40. The summed E-state index contributed by atoms with van der Waals surface area (Å²) in [6.07, 6.45) is 1.40. The summed E-state index contributed by atoms with van der Waals surface area (Å²) in [6, 6.07) is 2.08. The second kappa shape index (κ2) is 4.58. The van der Waals surface area contributed by atoms with E-state index in [1.807, 2.05) is 0 Å². The molecule has 1 fully saturated rings. The Morgan fingerprint density at radius 3 is 2.46 bits per heavy atom. The molecule has 0 amide bonds. The fourth-order valence-electron chi connectivity index (χ4n) is 1.36. The monoisotopic (exact) mass is 202 g/mol. The minimum atomic E-state index is -2.75. The van der Waals surface area contributed by atoms with Crippen molar-refractivity contribution in [2.24, 2.45) is 0 Å². The molecule has 1 heterocycles. The molecule has 0 spiro atoms. The molecule has 0 atom stereocenters. The number of sulfone groups is 1. The molecule has 0 aliphatic carbocycles. The third-order valence-electron chi connectivity index (χ3n) is 2.20. The average Bonchev–Trinajstić information content (AvgIpc) is 2.08. The number of nitriles is 1. The topological polar surface area (TPSA) is 61.2 Å². The zero-order valence-corrected chi connectivity index (χ0v) is 8.39. The van der Waals surface area contributed by atoms with E-state index in [0.717, 1.165) is 13.0 Å². The summed E-state index contributed by atoms with van der Waals surface area (Å²) in [4.78, 5) is 2.11. The summed E-state index contributed by atoms with van der Waals surface area (Å²) in [6.45, 7) is 2.12. The fraction of sp³-hybridized carbons (Fsp3) is 0.875. The van der Waals surface area contributed by atoms with Crippen LogP contribution < -0.4 is 0 Å². The molecule has 1 aliphatic rings. The van der Waals surface area contributed by atoms with Gasteiger partial charge in [0.2, 0.25) is 0 Å². The lowest BCUT2D eigenvalue weighted by molar-refractivity contribution is 0.293. The molecule has 1 aliphatic heterocycles. The Kier molecular flexibility index (Phi) is 3.70. The smallest absolute Gasteiger partial charge is 0.152 e. The first-order valence-electron chi connectivity index (χ1n) is 4.44. The van der Waals surface area contributed by atoms with Crippen LogP contribution >= 0.6 is 0 Å². The van der Waals surface area contributed by atoms with Crippen LogP contribution in [-0.4, -0.2) is 44.5 Å². The van der Waals surface area contributed by atoms with E-state index in [1.165, 1.54) is 0 Å². The van der Waals surface area contributed by atoms with Crippen LogP contribution in [-0.2, 0) is 9.84 Å². The summed E-state index contributed by atoms with van der Waals surface area (Å²) in [5, 5.41) is 8.31. The molecule has 0 radical (unpaired) electrons. The van der Waals surface area contributed by atoms with E-state index in [0.29, 0.717) is 19.5 Å². The van der Waals surface area contributed by atoms with E-state index < -0.39 is 9.84 Å². The van der Waals surface area contributed by atoms with Gasteiger partial charge in [-0.3, -0.25) is 0 Å². The predicted octanol–water partition coefficient (Wildman–Crippen LogP) is 0.0206. The highest BCUT2D eigenvalue weighted by molar-refractivity contribution is 7.91. The van der Waals surface area contributed by atoms with Gasteiger partial charge in [-0.25, -0.2) is 8.42 Å². The van der Waals surface area contributed by atoms with Gasteiger partial charge >= 0.3 is 0 Å². The van der Waals surface area contributed by atoms with Gasteiger partial charge in [-0.1, -0.05) is 0 Å². The second-order valence-electron chi connectivity index (χ2n) is 3.26. The highest BCUT2D eigenvalue weighted by Crippen LogP contribution is 2.04. The Morgan fingerprint density at radius 2 is 1.92 bits per heavy atom. The van der Waals surface area contributed by atoms with E-state index in [2.05, 4.69) is 11.0 Å². The second-order valence-corrected chi connectivity index (χ2v) is 5.56. The first kappa shape index (κ1) is 10.5. The molecular weight excluding hydrogens is 188 g/mol. The van der Waals surface area contributed by atoms with Crippen LogP contribution in [0.2, 0.25) is 0 Å². The number of hydrogen-bond donors (Lipinski definition) is 0. The van der Waals surface area contributed by atoms with E-state index in [4.69, 9.17) is 5.26 Å². The quantitative estimate of drug-likeness (QED) is 0.605. The normalized spacial score (nSPS) is 22.4. The molecule has 0 bridgehead atoms. The molecule has 74 valence electrons. The van der Waals surface area contributed by atoms with Gasteiger partial charge in [-0.2, -0.15) is 5.26 Å². The van der Waals surface area contributed by atoms with Gasteiger partial charge in [0.25, 0.3) is 0 Å². The van der Waals surface area contributed by atoms with Crippen molar-refractivity contribution in [3.63, 3.8) is 0 Å². The lowest BCUT2D eigenvalue weighted by Gasteiger charge is -2.25. The zero-order chi connectivity index (χ0) is 9.73. The van der Waals surface area contributed by atoms with Crippen LogP contribution in [0.4, 0.5) is 0 Å². The van der Waals surface area contributed by atoms with Gasteiger partial charge in [-0.15, -0.1) is 0 Å². The summed E-state index contributed by atoms with van der Waals surface area (Å²) in [5.41, 5.74) is 0. The summed E-state index contributed by atoms with van der Waals surface area (Å²) < 4.78 is 22.1. The largest absolute Gasteiger partial charge is 0.301 e. The van der Waals surface area contributed by atoms with E-state index in [1.54, 1.807) is 0 Å². The highest BCUT2D eigenvalue weighted by Gasteiger charge is 2.20. The predicted molar refractivity (Wildman–Crippen MR) is 49.9 cm³/mol. The van der Waals surface area contributed by atoms with Crippen molar-refractivity contribution < 1.29 is 8.42 Å². The molecule has 4 nitrogen and oxygen atoms in total. The fourth-order valence-corrected chi connectivity index (χ4v) is 2.63. The van der Waals surface area contributed by atoms with Crippen LogP contribution in [0.15, 0.2) is 0 Å². The SMILES string of the molecule is N#CCCCN1CCS(=O)(=O)CC1. The van der Waals surface area contributed by atoms with Crippen LogP contribution in [0.3, 0.4) is 0 Å². The van der Waals surface area contributed by atoms with Crippen molar-refractivity contribution in [2.75, 3.05) is 31.1 Å². The molecule has 0 aromatic carbocycles. The van der Waals surface area contributed by atoms with Crippen molar-refractivity contribution in [3.05, 3.63) is 0 Å². The van der Waals surface area contributed by atoms with Gasteiger partial charge in [-0.05, 0) is 13.0 Å². The number of nitrogens with zero attached hydrogens (tertiary/aromatic N) is 2. The summed E-state index contributed by atoms with van der Waals surface area (Å²) >= 11 is 0. The Balaban J connectivity index is 2.22. The third kappa shape index (κ3) is 3.75. The van der Waals surface area contributed by atoms with Crippen molar-refractivity contribution in [1.82, 2.24) is 4.90 Å². The first-order chi connectivity index (χ1) is 6.14. The minimum Gasteiger partial charge on any atom is -0.301 e. The van der Waals surface area contributed by atoms with Crippen LogP contribution in [0, 0.1) is 11.3 Å². The Hall–Kier alpha value is -0.600. The molecule has 1 saturated heterocycles. The first-order valence-corrected chi connectivity index (χ1v) is 6.26. The molecular formula is C8H14N2O2S. The molecule has 0 aromatic heterocycles. The van der Waals surface area contributed by atoms with Gasteiger partial charge < -0.3 is 4.90 Å². The summed E-state index contributed by atoms with van der Waals surface area (Å²) in [5.74, 6) is 0.555.